The minimum atomic E-state index is -0.340. The van der Waals surface area contributed by atoms with Crippen LogP contribution in [0, 0.1) is 0 Å². The number of nitrogens with zero attached hydrogens (tertiary/aromatic N) is 4. The van der Waals surface area contributed by atoms with Gasteiger partial charge in [-0.2, -0.15) is 0 Å². The molecular weight excluding hydrogens is 490 g/mol. The maximum absolute atomic E-state index is 13.5. The average Bonchev–Trinajstić information content (AvgIpc) is 3.34. The van der Waals surface area contributed by atoms with Crippen LogP contribution in [0.1, 0.15) is 36.1 Å². The summed E-state index contributed by atoms with van der Waals surface area (Å²) in [5.41, 5.74) is 2.37. The van der Waals surface area contributed by atoms with Gasteiger partial charge in [0.2, 0.25) is 5.91 Å². The molecule has 0 saturated heterocycles. The van der Waals surface area contributed by atoms with E-state index in [1.165, 1.54) is 11.8 Å². The number of amides is 2. The van der Waals surface area contributed by atoms with Crippen LogP contribution >= 0.6 is 23.5 Å². The Hall–Kier alpha value is -3.56. The highest BCUT2D eigenvalue weighted by atomic mass is 32.2. The Kier molecular flexibility index (Phi) is 7.11. The topological polar surface area (TPSA) is 80.1 Å². The summed E-state index contributed by atoms with van der Waals surface area (Å²) in [6, 6.07) is 24.6. The summed E-state index contributed by atoms with van der Waals surface area (Å²) >= 11 is 3.03. The molecule has 0 fully saturated rings. The van der Waals surface area contributed by atoms with Crippen LogP contribution in [0.25, 0.3) is 0 Å². The lowest BCUT2D eigenvalue weighted by Crippen LogP contribution is -2.30. The summed E-state index contributed by atoms with van der Waals surface area (Å²) in [5.74, 6) is 0.661. The van der Waals surface area contributed by atoms with Crippen LogP contribution in [-0.2, 0) is 11.3 Å². The van der Waals surface area contributed by atoms with Gasteiger partial charge in [0, 0.05) is 21.9 Å². The van der Waals surface area contributed by atoms with Gasteiger partial charge in [-0.3, -0.25) is 14.5 Å². The molecule has 1 aliphatic rings. The largest absolute Gasteiger partial charge is 0.342 e. The van der Waals surface area contributed by atoms with E-state index in [-0.39, 0.29) is 23.6 Å². The lowest BCUT2D eigenvalue weighted by Gasteiger charge is -2.30. The van der Waals surface area contributed by atoms with Crippen molar-refractivity contribution in [1.29, 1.82) is 0 Å². The smallest absolute Gasteiger partial charge is 0.251 e. The number of anilines is 2. The molecule has 0 unspecified atom stereocenters. The van der Waals surface area contributed by atoms with Gasteiger partial charge in [-0.1, -0.05) is 66.0 Å². The Morgan fingerprint density at radius 2 is 1.53 bits per heavy atom. The van der Waals surface area contributed by atoms with Crippen LogP contribution in [-0.4, -0.2) is 32.3 Å². The third kappa shape index (κ3) is 4.76. The molecule has 0 bridgehead atoms. The first-order chi connectivity index (χ1) is 17.6. The van der Waals surface area contributed by atoms with Gasteiger partial charge in [0.15, 0.2) is 11.0 Å². The van der Waals surface area contributed by atoms with Gasteiger partial charge in [0.25, 0.3) is 5.91 Å². The molecule has 2 amide bonds. The van der Waals surface area contributed by atoms with Crippen molar-refractivity contribution in [2.75, 3.05) is 10.7 Å². The number of thioether (sulfide) groups is 1. The van der Waals surface area contributed by atoms with Crippen molar-refractivity contribution in [2.45, 2.75) is 41.4 Å². The molecule has 0 aliphatic carbocycles. The van der Waals surface area contributed by atoms with Crippen molar-refractivity contribution >= 4 is 46.7 Å². The maximum Gasteiger partial charge on any atom is 0.251 e. The molecule has 2 heterocycles. The van der Waals surface area contributed by atoms with Gasteiger partial charge < -0.3 is 9.88 Å². The van der Waals surface area contributed by atoms with Crippen molar-refractivity contribution in [2.24, 2.45) is 0 Å². The molecular formula is C27H25N5O2S2. The van der Waals surface area contributed by atoms with Crippen molar-refractivity contribution in [3.8, 4) is 0 Å². The first kappa shape index (κ1) is 24.1. The molecule has 4 aromatic rings. The number of benzene rings is 3. The van der Waals surface area contributed by atoms with Gasteiger partial charge in [0.05, 0.1) is 23.2 Å². The molecule has 1 N–H and O–H groups in total. The summed E-state index contributed by atoms with van der Waals surface area (Å²) < 4.78 is 1.95. The van der Waals surface area contributed by atoms with E-state index in [1.807, 2.05) is 85.1 Å². The second-order valence-corrected chi connectivity index (χ2v) is 10.2. The van der Waals surface area contributed by atoms with Crippen LogP contribution in [0.4, 0.5) is 11.4 Å². The second-order valence-electron chi connectivity index (χ2n) is 8.20. The van der Waals surface area contributed by atoms with Gasteiger partial charge >= 0.3 is 0 Å². The number of para-hydroxylation sites is 2. The number of hydrogen-bond donors (Lipinski definition) is 1. The zero-order valence-corrected chi connectivity index (χ0v) is 21.6. The van der Waals surface area contributed by atoms with Gasteiger partial charge in [-0.15, -0.1) is 10.2 Å². The van der Waals surface area contributed by atoms with Crippen LogP contribution < -0.4 is 10.2 Å². The van der Waals surface area contributed by atoms with Crippen LogP contribution in [0.5, 0.6) is 0 Å². The number of hydrogen-bond acceptors (Lipinski definition) is 6. The molecule has 5 rings (SSSR count). The highest BCUT2D eigenvalue weighted by Gasteiger charge is 2.28. The number of rotatable bonds is 7. The first-order valence-corrected chi connectivity index (χ1v) is 13.5. The van der Waals surface area contributed by atoms with E-state index >= 15 is 0 Å². The predicted molar refractivity (Wildman–Crippen MR) is 143 cm³/mol. The van der Waals surface area contributed by atoms with E-state index in [4.69, 9.17) is 0 Å². The standard InChI is InChI=1S/C27H25N5O2S2/c1-3-31-25(18(2)28-26(34)19-11-5-4-6-12-19)29-30-27(31)35-17-24(33)32-20-13-7-9-15-22(20)36-23-16-10-8-14-21(23)32/h4-16,18H,3,17H2,1-2H3,(H,28,34)/t18-/m0/s1. The van der Waals surface area contributed by atoms with Crippen molar-refractivity contribution in [3.05, 3.63) is 90.3 Å². The minimum absolute atomic E-state index is 0.0298. The summed E-state index contributed by atoms with van der Waals surface area (Å²) in [4.78, 5) is 30.0. The number of carbonyl (C=O) groups is 2. The Morgan fingerprint density at radius 1 is 0.917 bits per heavy atom. The lowest BCUT2D eigenvalue weighted by atomic mass is 10.2. The highest BCUT2D eigenvalue weighted by molar-refractivity contribution is 8.00. The molecule has 1 aliphatic heterocycles. The van der Waals surface area contributed by atoms with E-state index in [0.717, 1.165) is 21.2 Å². The van der Waals surface area contributed by atoms with Crippen molar-refractivity contribution < 1.29 is 9.59 Å². The SMILES string of the molecule is CCn1c(SCC(=O)N2c3ccccc3Sc3ccccc32)nnc1[C@H](C)NC(=O)c1ccccc1. The minimum Gasteiger partial charge on any atom is -0.342 e. The van der Waals surface area contributed by atoms with E-state index in [0.29, 0.717) is 23.1 Å². The predicted octanol–water partition coefficient (Wildman–Crippen LogP) is 5.71. The summed E-state index contributed by atoms with van der Waals surface area (Å²) in [7, 11) is 0. The molecule has 0 radical (unpaired) electrons. The van der Waals surface area contributed by atoms with E-state index < -0.39 is 0 Å². The summed E-state index contributed by atoms with van der Waals surface area (Å²) in [6.07, 6.45) is 0. The summed E-state index contributed by atoms with van der Waals surface area (Å²) in [5, 5.41) is 12.3. The summed E-state index contributed by atoms with van der Waals surface area (Å²) in [6.45, 7) is 4.51. The number of nitrogens with one attached hydrogen (secondary N) is 1. The van der Waals surface area contributed by atoms with E-state index in [1.54, 1.807) is 28.8 Å². The molecule has 9 heteroatoms. The Morgan fingerprint density at radius 3 is 2.17 bits per heavy atom. The third-order valence-corrected chi connectivity index (χ3v) is 7.92. The fourth-order valence-electron chi connectivity index (χ4n) is 4.12. The number of aromatic nitrogens is 3. The van der Waals surface area contributed by atoms with E-state index in [9.17, 15) is 9.59 Å². The molecule has 0 saturated carbocycles. The zero-order chi connectivity index (χ0) is 25.1. The molecule has 182 valence electrons. The first-order valence-electron chi connectivity index (χ1n) is 11.7. The fourth-order valence-corrected chi connectivity index (χ4v) is 6.04. The van der Waals surface area contributed by atoms with E-state index in [2.05, 4.69) is 15.5 Å². The van der Waals surface area contributed by atoms with Crippen LogP contribution in [0.2, 0.25) is 0 Å². The number of carbonyl (C=O) groups excluding carboxylic acids is 2. The Balaban J connectivity index is 1.32. The Bertz CT molecular complexity index is 1360. The van der Waals surface area contributed by atoms with Gasteiger partial charge in [0.1, 0.15) is 0 Å². The van der Waals surface area contributed by atoms with Crippen LogP contribution in [0.15, 0.2) is 93.8 Å². The normalized spacial score (nSPS) is 13.0. The van der Waals surface area contributed by atoms with Crippen LogP contribution in [0.3, 0.4) is 0 Å². The number of fused-ring (bicyclic) bond motifs is 2. The fraction of sp³-hybridized carbons (Fsp3) is 0.185. The average molecular weight is 516 g/mol. The second kappa shape index (κ2) is 10.6. The molecule has 3 aromatic carbocycles. The monoisotopic (exact) mass is 515 g/mol. The molecule has 1 atom stereocenters. The van der Waals surface area contributed by atoms with Crippen molar-refractivity contribution in [1.82, 2.24) is 20.1 Å². The highest BCUT2D eigenvalue weighted by Crippen LogP contribution is 2.48. The molecule has 1 aromatic heterocycles. The zero-order valence-electron chi connectivity index (χ0n) is 19.9. The molecule has 0 spiro atoms. The van der Waals surface area contributed by atoms with Gasteiger partial charge in [-0.05, 0) is 50.2 Å². The molecule has 7 nitrogen and oxygen atoms in total. The van der Waals surface area contributed by atoms with Crippen molar-refractivity contribution in [3.63, 3.8) is 0 Å². The molecule has 36 heavy (non-hydrogen) atoms. The Labute approximate surface area is 218 Å². The quantitative estimate of drug-likeness (QED) is 0.318. The third-order valence-electron chi connectivity index (χ3n) is 5.84. The maximum atomic E-state index is 13.5. The lowest BCUT2D eigenvalue weighted by molar-refractivity contribution is -0.115. The van der Waals surface area contributed by atoms with Gasteiger partial charge in [-0.25, -0.2) is 0 Å².